The van der Waals surface area contributed by atoms with Crippen LogP contribution >= 0.6 is 11.8 Å². The number of esters is 2. The van der Waals surface area contributed by atoms with Crippen LogP contribution in [0.2, 0.25) is 0 Å². The van der Waals surface area contributed by atoms with Gasteiger partial charge in [-0.2, -0.15) is 11.8 Å². The lowest BCUT2D eigenvalue weighted by Crippen LogP contribution is -2.43. The number of methoxy groups -OCH3 is 2. The van der Waals surface area contributed by atoms with Gasteiger partial charge in [-0.15, -0.1) is 0 Å². The molecule has 2 aliphatic rings. The Bertz CT molecular complexity index is 3040. The van der Waals surface area contributed by atoms with E-state index < -0.39 is 20.6 Å². The van der Waals surface area contributed by atoms with E-state index in [0.717, 1.165) is 63.9 Å². The lowest BCUT2D eigenvalue weighted by atomic mass is 9.91. The third kappa shape index (κ3) is 147. The summed E-state index contributed by atoms with van der Waals surface area (Å²) in [6.07, 6.45) is 9.44. The zero-order chi connectivity index (χ0) is 107. The van der Waals surface area contributed by atoms with Crippen molar-refractivity contribution in [3.8, 4) is 0 Å². The Morgan fingerprint density at radius 2 is 0.840 bits per heavy atom. The molecule has 1 aromatic rings. The molecule has 1 aromatic carbocycles. The number of ether oxygens (including phenoxy) is 5. The molecule has 2 saturated heterocycles. The van der Waals surface area contributed by atoms with Gasteiger partial charge >= 0.3 is 11.9 Å². The lowest BCUT2D eigenvalue weighted by molar-refractivity contribution is -0.144. The smallest absolute Gasteiger partial charge is 0.306 e. The predicted molar refractivity (Wildman–Crippen MR) is 578 cm³/mol. The van der Waals surface area contributed by atoms with Crippen molar-refractivity contribution in [2.45, 2.75) is 416 Å². The molecule has 19 nitrogen and oxygen atoms in total. The van der Waals surface area contributed by atoms with Crippen LogP contribution in [0.4, 0.5) is 0 Å². The van der Waals surface area contributed by atoms with E-state index in [1.807, 2.05) is 121 Å². The molecule has 131 heavy (non-hydrogen) atoms. The highest BCUT2D eigenvalue weighted by molar-refractivity contribution is 7.98. The minimum atomic E-state index is -2.78. The standard InChI is InChI=1S/C12H25NO.C11H25N.C10H19NO2.C9H19NO.C9H10O.C7H17N.2C7H14O2.C7H14O.C6H14O2S.C6H14OS.C6H14O.C6H14S.C6H14/c1-9(2)13(10(3)4)11(14)8-12(5,6)7;1-9(2)12(10(3)4)8-11(5,6)7;1-10(2,3)8-9(12)11-4-6-13-7-5-11;1-9(2,3)8-10-4-6-11-7-5-10;1-2-9(10)8-6-4-3-5-7-8;1-7(2,3)6-8(4)5;1-7(2,3)5-6(8)9-4;1-6(8)9-5-7(2,3)4;1-6(8)5-7(2,3)4;1-6(2,3)5-9(4,7)8;1-6(2,3)5-8(4)7;2*1-6(2,3)5-7-4;1-5-6(2,3)4/h9-10H,8H2,1-7H3;9-10H,8H2,1-7H3;4-8H2,1-3H3;4-8H2,1-3H3;3-7H,2H2,1H3;6H2,1-5H3;2*5H2,1-4H3;5H2,1-4H3;5H2,1-4H3;5H2,1-4H3;2*5H2,1-4H3;5H2,1-4H3. The lowest BCUT2D eigenvalue weighted by Gasteiger charge is -2.36. The molecular formula is C109H227N5O14S3. The number of amides is 2. The number of thioether (sulfide) groups is 1. The number of carbonyl (C=O) groups is 6. The largest absolute Gasteiger partial charge is 0.469 e. The highest BCUT2D eigenvalue weighted by atomic mass is 32.2. The van der Waals surface area contributed by atoms with E-state index in [4.69, 9.17) is 18.9 Å². The van der Waals surface area contributed by atoms with Gasteiger partial charge in [-0.3, -0.25) is 38.0 Å². The summed E-state index contributed by atoms with van der Waals surface area (Å²) in [5.41, 5.74) is 4.08. The first-order valence-electron chi connectivity index (χ1n) is 48.4. The van der Waals surface area contributed by atoms with Crippen LogP contribution in [0.15, 0.2) is 30.3 Å². The number of nitrogens with zero attached hydrogens (tertiary/aromatic N) is 5. The summed E-state index contributed by atoms with van der Waals surface area (Å²) in [6, 6.07) is 11.2. The molecule has 3 rings (SSSR count). The summed E-state index contributed by atoms with van der Waals surface area (Å²) >= 11 is 1.91. The maximum Gasteiger partial charge on any atom is 0.306 e. The molecule has 0 aromatic heterocycles. The Kier molecular flexibility index (Phi) is 84.7. The number of sulfone groups is 1. The SMILES string of the molecule is CC(=O)CC(C)(C)C.CC(=O)OCC(C)(C)C.CC(C)(C)CC(=O)N1CCOCC1.CC(C)(C)CN1CCOCC1.CC(C)(C)CS(C)(=O)=O.CC(C)N(C(=O)CC(C)(C)C)C(C)C.CC(C)N(CC(C)(C)C)C(C)C.CCC(=O)c1ccccc1.CCC(C)(C)C.CN(C)CC(C)(C)C.COC(=O)CC(C)(C)C.COCC(C)(C)C.CS(=O)CC(C)(C)C.CSCC(C)(C)C. The van der Waals surface area contributed by atoms with Crippen LogP contribution in [-0.2, 0) is 68.3 Å². The van der Waals surface area contributed by atoms with E-state index in [1.54, 1.807) is 20.3 Å². The fourth-order valence-electron chi connectivity index (χ4n) is 11.6. The van der Waals surface area contributed by atoms with Crippen LogP contribution in [0.3, 0.4) is 0 Å². The number of carbonyl (C=O) groups excluding carboxylic acids is 6. The second-order valence-corrected chi connectivity index (χ2v) is 56.6. The van der Waals surface area contributed by atoms with Crippen molar-refractivity contribution >= 4 is 67.7 Å². The Hall–Kier alpha value is -3.35. The van der Waals surface area contributed by atoms with Gasteiger partial charge in [0.05, 0.1) is 58.9 Å². The van der Waals surface area contributed by atoms with Crippen LogP contribution in [-0.4, -0.2) is 246 Å². The molecule has 2 fully saturated rings. The van der Waals surface area contributed by atoms with Crippen LogP contribution in [0, 0.1) is 70.4 Å². The van der Waals surface area contributed by atoms with Crippen LogP contribution in [0.25, 0.3) is 0 Å². The molecule has 2 heterocycles. The van der Waals surface area contributed by atoms with Gasteiger partial charge in [-0.05, 0) is 159 Å². The van der Waals surface area contributed by atoms with Crippen molar-refractivity contribution in [2.75, 3.05) is 150 Å². The number of morpholine rings is 2. The minimum absolute atomic E-state index is 0.0487. The van der Waals surface area contributed by atoms with Crippen molar-refractivity contribution in [2.24, 2.45) is 70.4 Å². The average Bonchev–Trinajstić information content (AvgIpc) is 0.870. The molecule has 1 unspecified atom stereocenters. The number of ketones is 2. The van der Waals surface area contributed by atoms with E-state index >= 15 is 0 Å². The van der Waals surface area contributed by atoms with Crippen LogP contribution in [0.1, 0.15) is 402 Å². The number of rotatable bonds is 18. The van der Waals surface area contributed by atoms with Gasteiger partial charge in [0.1, 0.15) is 15.6 Å². The highest BCUT2D eigenvalue weighted by Crippen LogP contribution is 2.26. The second kappa shape index (κ2) is 73.8. The van der Waals surface area contributed by atoms with E-state index in [0.29, 0.717) is 109 Å². The summed E-state index contributed by atoms with van der Waals surface area (Å²) in [5.74, 6) is 2.99. The van der Waals surface area contributed by atoms with E-state index in [9.17, 15) is 41.4 Å². The topological polar surface area (TPSA) is 216 Å². The van der Waals surface area contributed by atoms with Gasteiger partial charge < -0.3 is 43.2 Å². The van der Waals surface area contributed by atoms with Gasteiger partial charge in [0, 0.05) is 144 Å². The zero-order valence-corrected chi connectivity index (χ0v) is 100. The van der Waals surface area contributed by atoms with Gasteiger partial charge in [-0.1, -0.05) is 321 Å². The van der Waals surface area contributed by atoms with Crippen molar-refractivity contribution in [1.82, 2.24) is 24.5 Å². The van der Waals surface area contributed by atoms with Crippen molar-refractivity contribution in [1.29, 1.82) is 0 Å². The van der Waals surface area contributed by atoms with Gasteiger partial charge in [0.15, 0.2) is 5.78 Å². The number of benzene rings is 1. The number of Topliss-reactive ketones (excluding diaryl/α,β-unsaturated/α-hetero) is 2. The van der Waals surface area contributed by atoms with Gasteiger partial charge in [0.25, 0.3) is 0 Å². The van der Waals surface area contributed by atoms with Crippen LogP contribution in [0.5, 0.6) is 0 Å². The Morgan fingerprint density at radius 3 is 1.00 bits per heavy atom. The van der Waals surface area contributed by atoms with Gasteiger partial charge in [0.2, 0.25) is 11.8 Å². The molecule has 0 spiro atoms. The molecule has 0 bridgehead atoms. The van der Waals surface area contributed by atoms with Crippen molar-refractivity contribution < 1.29 is 65.1 Å². The summed E-state index contributed by atoms with van der Waals surface area (Å²) in [5, 5.41) is 0. The summed E-state index contributed by atoms with van der Waals surface area (Å²) in [6.45, 7) is 120. The van der Waals surface area contributed by atoms with Crippen LogP contribution < -0.4 is 0 Å². The Morgan fingerprint density at radius 1 is 0.473 bits per heavy atom. The van der Waals surface area contributed by atoms with E-state index in [2.05, 4.69) is 310 Å². The normalized spacial score (nSPS) is 13.8. The molecule has 0 aliphatic carbocycles. The molecule has 1 atom stereocenters. The monoisotopic (exact) mass is 1930 g/mol. The fourth-order valence-corrected chi connectivity index (χ4v) is 15.3. The van der Waals surface area contributed by atoms with E-state index in [1.165, 1.54) is 45.6 Å². The maximum atomic E-state index is 12.0. The molecule has 0 radical (unpaired) electrons. The molecule has 0 N–H and O–H groups in total. The first-order chi connectivity index (χ1) is 57.8. The maximum absolute atomic E-state index is 12.0. The number of hydrogen-bond donors (Lipinski definition) is 0. The molecular weight excluding hydrogens is 1700 g/mol. The van der Waals surface area contributed by atoms with E-state index in [-0.39, 0.29) is 79.0 Å². The minimum Gasteiger partial charge on any atom is -0.469 e. The Labute approximate surface area is 824 Å². The summed E-state index contributed by atoms with van der Waals surface area (Å²) < 4.78 is 56.5. The molecule has 22 heteroatoms. The summed E-state index contributed by atoms with van der Waals surface area (Å²) in [4.78, 5) is 77.1. The first kappa shape index (κ1) is 150. The quantitative estimate of drug-likeness (QED) is 0.0986. The predicted octanol–water partition coefficient (Wildman–Crippen LogP) is 26.9. The average molecular weight is 1930 g/mol. The zero-order valence-electron chi connectivity index (χ0n) is 97.9. The molecule has 2 aliphatic heterocycles. The highest BCUT2D eigenvalue weighted by Gasteiger charge is 2.27. The fraction of sp³-hybridized carbons (Fsp3) is 0.890. The van der Waals surface area contributed by atoms with Crippen molar-refractivity contribution in [3.63, 3.8) is 0 Å². The third-order valence-electron chi connectivity index (χ3n) is 16.1. The third-order valence-corrected chi connectivity index (χ3v) is 19.9. The number of hydrogen-bond acceptors (Lipinski definition) is 18. The summed E-state index contributed by atoms with van der Waals surface area (Å²) in [7, 11) is 3.93. The molecule has 0 saturated carbocycles. The van der Waals surface area contributed by atoms with Gasteiger partial charge in [-0.25, -0.2) is 8.42 Å². The first-order valence-corrected chi connectivity index (χ1v) is 53.6. The van der Waals surface area contributed by atoms with Crippen molar-refractivity contribution in [3.05, 3.63) is 35.9 Å². The molecule has 790 valence electrons. The second-order valence-electron chi connectivity index (χ2n) is 52.2. The molecule has 2 amide bonds. The Balaban J connectivity index is -0.000000132.